The Morgan fingerprint density at radius 3 is 2.69 bits per heavy atom. The van der Waals surface area contributed by atoms with Crippen LogP contribution in [-0.2, 0) is 13.1 Å². The first-order valence-electron chi connectivity index (χ1n) is 5.37. The average molecular weight is 220 g/mol. The number of fused-ring (bicyclic) bond motifs is 1. The minimum Gasteiger partial charge on any atom is -0.478 e. The van der Waals surface area contributed by atoms with Crippen molar-refractivity contribution in [2.24, 2.45) is 0 Å². The Kier molecular flexibility index (Phi) is 2.59. The van der Waals surface area contributed by atoms with Gasteiger partial charge in [0, 0.05) is 24.8 Å². The van der Waals surface area contributed by atoms with Gasteiger partial charge in [-0.1, -0.05) is 0 Å². The van der Waals surface area contributed by atoms with Crippen LogP contribution >= 0.6 is 0 Å². The molecule has 1 aliphatic heterocycles. The Bertz CT molecular complexity index is 441. The number of carboxylic acids is 1. The van der Waals surface area contributed by atoms with Crippen LogP contribution in [0.2, 0.25) is 0 Å². The molecule has 0 fully saturated rings. The highest BCUT2D eigenvalue weighted by molar-refractivity contribution is 5.89. The Morgan fingerprint density at radius 2 is 2.12 bits per heavy atom. The normalized spacial score (nSPS) is 15.4. The Morgan fingerprint density at radius 1 is 1.44 bits per heavy atom. The molecule has 0 unspecified atom stereocenters. The van der Waals surface area contributed by atoms with Gasteiger partial charge >= 0.3 is 5.97 Å². The number of hydrogen-bond acceptors (Lipinski definition) is 3. The second-order valence-electron chi connectivity index (χ2n) is 4.51. The molecule has 0 aliphatic carbocycles. The third-order valence-corrected chi connectivity index (χ3v) is 3.09. The van der Waals surface area contributed by atoms with Gasteiger partial charge in [-0.2, -0.15) is 0 Å². The van der Waals surface area contributed by atoms with Gasteiger partial charge in [0.1, 0.15) is 0 Å². The second-order valence-corrected chi connectivity index (χ2v) is 4.51. The zero-order chi connectivity index (χ0) is 11.9. The summed E-state index contributed by atoms with van der Waals surface area (Å²) in [5.74, 6) is -0.919. The standard InChI is InChI=1S/C12H16N2O2/c1-7(2)14-5-9-3-8(12(15)16)4-11(13)10(9)6-14/h3-4,7H,5-6,13H2,1-2H3,(H,15,16). The van der Waals surface area contributed by atoms with Crippen molar-refractivity contribution in [2.75, 3.05) is 5.73 Å². The van der Waals surface area contributed by atoms with Crippen molar-refractivity contribution in [1.29, 1.82) is 0 Å². The second kappa shape index (κ2) is 3.79. The van der Waals surface area contributed by atoms with E-state index in [1.807, 2.05) is 0 Å². The molecule has 0 amide bonds. The zero-order valence-electron chi connectivity index (χ0n) is 9.53. The molecular weight excluding hydrogens is 204 g/mol. The van der Waals surface area contributed by atoms with Crippen LogP contribution in [0.25, 0.3) is 0 Å². The van der Waals surface area contributed by atoms with E-state index in [0.29, 0.717) is 11.7 Å². The summed E-state index contributed by atoms with van der Waals surface area (Å²) in [6.07, 6.45) is 0. The Balaban J connectivity index is 2.38. The molecule has 0 spiro atoms. The number of carboxylic acid groups (broad SMARTS) is 1. The van der Waals surface area contributed by atoms with Crippen LogP contribution in [0, 0.1) is 0 Å². The first kappa shape index (κ1) is 11.0. The Hall–Kier alpha value is -1.55. The highest BCUT2D eigenvalue weighted by Crippen LogP contribution is 2.30. The first-order valence-corrected chi connectivity index (χ1v) is 5.37. The van der Waals surface area contributed by atoms with Crippen LogP contribution in [0.4, 0.5) is 5.69 Å². The van der Waals surface area contributed by atoms with Crippen molar-refractivity contribution in [1.82, 2.24) is 4.90 Å². The fourth-order valence-electron chi connectivity index (χ4n) is 2.06. The van der Waals surface area contributed by atoms with Gasteiger partial charge in [0.25, 0.3) is 0 Å². The summed E-state index contributed by atoms with van der Waals surface area (Å²) in [6.45, 7) is 5.86. The smallest absolute Gasteiger partial charge is 0.335 e. The number of nitrogens with zero attached hydrogens (tertiary/aromatic N) is 1. The molecule has 0 bridgehead atoms. The third-order valence-electron chi connectivity index (χ3n) is 3.09. The van der Waals surface area contributed by atoms with E-state index < -0.39 is 5.97 Å². The monoisotopic (exact) mass is 220 g/mol. The summed E-state index contributed by atoms with van der Waals surface area (Å²) in [5, 5.41) is 8.95. The third kappa shape index (κ3) is 1.76. The number of nitrogen functional groups attached to an aromatic ring is 1. The maximum absolute atomic E-state index is 10.9. The van der Waals surface area contributed by atoms with E-state index in [1.54, 1.807) is 12.1 Å². The molecule has 0 aromatic heterocycles. The molecule has 86 valence electrons. The summed E-state index contributed by atoms with van der Waals surface area (Å²) in [6, 6.07) is 3.72. The number of aromatic carboxylic acids is 1. The molecule has 3 N–H and O–H groups in total. The predicted octanol–water partition coefficient (Wildman–Crippen LogP) is 1.69. The highest BCUT2D eigenvalue weighted by atomic mass is 16.4. The van der Waals surface area contributed by atoms with E-state index in [2.05, 4.69) is 18.7 Å². The van der Waals surface area contributed by atoms with E-state index in [9.17, 15) is 4.79 Å². The summed E-state index contributed by atoms with van der Waals surface area (Å²) < 4.78 is 0. The zero-order valence-corrected chi connectivity index (χ0v) is 9.53. The molecule has 0 saturated heterocycles. The van der Waals surface area contributed by atoms with Gasteiger partial charge in [-0.3, -0.25) is 4.90 Å². The van der Waals surface area contributed by atoms with Crippen LogP contribution in [0.1, 0.15) is 35.3 Å². The van der Waals surface area contributed by atoms with Crippen molar-refractivity contribution in [3.63, 3.8) is 0 Å². The molecule has 16 heavy (non-hydrogen) atoms. The maximum Gasteiger partial charge on any atom is 0.335 e. The minimum absolute atomic E-state index is 0.279. The molecule has 4 nitrogen and oxygen atoms in total. The lowest BCUT2D eigenvalue weighted by atomic mass is 10.0. The number of benzene rings is 1. The van der Waals surface area contributed by atoms with Crippen LogP contribution in [0.5, 0.6) is 0 Å². The largest absolute Gasteiger partial charge is 0.478 e. The fourth-order valence-corrected chi connectivity index (χ4v) is 2.06. The highest BCUT2D eigenvalue weighted by Gasteiger charge is 2.24. The van der Waals surface area contributed by atoms with Crippen LogP contribution < -0.4 is 5.73 Å². The average Bonchev–Trinajstić information content (AvgIpc) is 2.61. The molecule has 0 radical (unpaired) electrons. The lowest BCUT2D eigenvalue weighted by Crippen LogP contribution is -2.24. The quantitative estimate of drug-likeness (QED) is 0.744. The molecule has 1 aromatic rings. The van der Waals surface area contributed by atoms with Crippen molar-refractivity contribution in [2.45, 2.75) is 33.0 Å². The van der Waals surface area contributed by atoms with Gasteiger partial charge in [-0.15, -0.1) is 0 Å². The lowest BCUT2D eigenvalue weighted by Gasteiger charge is -2.19. The van der Waals surface area contributed by atoms with Crippen molar-refractivity contribution in [3.8, 4) is 0 Å². The lowest BCUT2D eigenvalue weighted by molar-refractivity contribution is 0.0697. The molecule has 1 heterocycles. The Labute approximate surface area is 94.7 Å². The van der Waals surface area contributed by atoms with Gasteiger partial charge in [-0.25, -0.2) is 4.79 Å². The van der Waals surface area contributed by atoms with Crippen LogP contribution in [0.15, 0.2) is 12.1 Å². The molecule has 2 rings (SSSR count). The predicted molar refractivity (Wildman–Crippen MR) is 62.2 cm³/mol. The summed E-state index contributed by atoms with van der Waals surface area (Å²) >= 11 is 0. The van der Waals surface area contributed by atoms with E-state index in [1.165, 1.54) is 0 Å². The molecule has 1 aromatic carbocycles. The van der Waals surface area contributed by atoms with Gasteiger partial charge in [0.2, 0.25) is 0 Å². The molecule has 0 saturated carbocycles. The van der Waals surface area contributed by atoms with Gasteiger partial charge in [0.05, 0.1) is 5.56 Å². The van der Waals surface area contributed by atoms with Crippen molar-refractivity contribution >= 4 is 11.7 Å². The fraction of sp³-hybridized carbons (Fsp3) is 0.417. The number of nitrogens with two attached hydrogens (primary N) is 1. The molecule has 1 aliphatic rings. The van der Waals surface area contributed by atoms with Crippen LogP contribution in [-0.4, -0.2) is 22.0 Å². The van der Waals surface area contributed by atoms with Gasteiger partial charge in [-0.05, 0) is 37.1 Å². The topological polar surface area (TPSA) is 66.6 Å². The number of rotatable bonds is 2. The van der Waals surface area contributed by atoms with E-state index >= 15 is 0 Å². The van der Waals surface area contributed by atoms with E-state index in [-0.39, 0.29) is 5.56 Å². The summed E-state index contributed by atoms with van der Waals surface area (Å²) in [5.41, 5.74) is 8.89. The van der Waals surface area contributed by atoms with E-state index in [4.69, 9.17) is 10.8 Å². The number of anilines is 1. The minimum atomic E-state index is -0.919. The number of hydrogen-bond donors (Lipinski definition) is 2. The summed E-state index contributed by atoms with van der Waals surface area (Å²) in [7, 11) is 0. The van der Waals surface area contributed by atoms with E-state index in [0.717, 1.165) is 24.2 Å². The first-order chi connectivity index (χ1) is 7.49. The maximum atomic E-state index is 10.9. The molecule has 0 atom stereocenters. The van der Waals surface area contributed by atoms with Gasteiger partial charge in [0.15, 0.2) is 0 Å². The van der Waals surface area contributed by atoms with Crippen molar-refractivity contribution < 1.29 is 9.90 Å². The molecule has 4 heteroatoms. The van der Waals surface area contributed by atoms with Gasteiger partial charge < -0.3 is 10.8 Å². The summed E-state index contributed by atoms with van der Waals surface area (Å²) in [4.78, 5) is 13.2. The molecular formula is C12H16N2O2. The SMILES string of the molecule is CC(C)N1Cc2cc(C(=O)O)cc(N)c2C1. The number of carbonyl (C=O) groups is 1. The van der Waals surface area contributed by atoms with Crippen molar-refractivity contribution in [3.05, 3.63) is 28.8 Å². The van der Waals surface area contributed by atoms with Crippen LogP contribution in [0.3, 0.4) is 0 Å².